The molecule has 1 aliphatic heterocycles. The predicted molar refractivity (Wildman–Crippen MR) is 65.1 cm³/mol. The molecule has 1 aromatic rings. The number of aliphatic hydroxyl groups excluding tert-OH is 4. The minimum absolute atomic E-state index is 0.0268. The average Bonchev–Trinajstić information content (AvgIpc) is 2.47. The summed E-state index contributed by atoms with van der Waals surface area (Å²) in [6.07, 6.45) is -8.34. The summed E-state index contributed by atoms with van der Waals surface area (Å²) in [5.41, 5.74) is 0.743. The quantitative estimate of drug-likeness (QED) is 0.501. The molecular weight excluding hydrogens is 268 g/mol. The van der Waals surface area contributed by atoms with E-state index in [1.165, 1.54) is 0 Å². The Labute approximate surface area is 115 Å². The molecule has 0 aliphatic carbocycles. The van der Waals surface area contributed by atoms with Crippen molar-refractivity contribution in [1.29, 1.82) is 0 Å². The molecule has 1 aromatic carbocycles. The summed E-state index contributed by atoms with van der Waals surface area (Å²) in [7, 11) is 0. The monoisotopic (exact) mass is 284 g/mol. The third kappa shape index (κ3) is 3.14. The van der Waals surface area contributed by atoms with Crippen LogP contribution in [0.1, 0.15) is 5.56 Å². The zero-order valence-electron chi connectivity index (χ0n) is 10.5. The summed E-state index contributed by atoms with van der Waals surface area (Å²) < 4.78 is 9.69. The lowest BCUT2D eigenvalue weighted by Crippen LogP contribution is -2.59. The zero-order chi connectivity index (χ0) is 14.7. The van der Waals surface area contributed by atoms with Gasteiger partial charge in [-0.25, -0.2) is 4.79 Å². The molecule has 7 heteroatoms. The number of benzene rings is 1. The van der Waals surface area contributed by atoms with Gasteiger partial charge in [-0.15, -0.1) is 0 Å². The molecule has 1 saturated heterocycles. The molecule has 5 atom stereocenters. The molecular formula is C13H16O7. The zero-order valence-corrected chi connectivity index (χ0v) is 10.5. The Bertz CT molecular complexity index is 449. The molecule has 20 heavy (non-hydrogen) atoms. The number of hydrogen-bond acceptors (Lipinski definition) is 7. The van der Waals surface area contributed by atoms with Crippen molar-refractivity contribution < 1.29 is 34.7 Å². The lowest BCUT2D eigenvalue weighted by molar-refractivity contribution is -0.281. The molecule has 1 heterocycles. The smallest absolute Gasteiger partial charge is 0.338 e. The maximum atomic E-state index is 11.8. The van der Waals surface area contributed by atoms with Gasteiger partial charge in [-0.1, -0.05) is 30.3 Å². The fraction of sp³-hybridized carbons (Fsp3) is 0.462. The first-order chi connectivity index (χ1) is 9.50. The minimum atomic E-state index is -1.76. The van der Waals surface area contributed by atoms with Gasteiger partial charge in [-0.05, 0) is 5.56 Å². The number of esters is 1. The van der Waals surface area contributed by atoms with Crippen LogP contribution in [-0.4, -0.2) is 57.1 Å². The van der Waals surface area contributed by atoms with E-state index in [1.807, 2.05) is 6.07 Å². The summed E-state index contributed by atoms with van der Waals surface area (Å²) in [5.74, 6) is -0.925. The summed E-state index contributed by atoms with van der Waals surface area (Å²) in [5, 5.41) is 37.7. The molecule has 0 spiro atoms. The van der Waals surface area contributed by atoms with E-state index in [1.54, 1.807) is 24.3 Å². The van der Waals surface area contributed by atoms with Crippen molar-refractivity contribution in [2.45, 2.75) is 37.3 Å². The number of hydrogen-bond donors (Lipinski definition) is 4. The summed E-state index contributed by atoms with van der Waals surface area (Å²) in [6, 6.07) is 8.86. The fourth-order valence-electron chi connectivity index (χ4n) is 1.87. The fourth-order valence-corrected chi connectivity index (χ4v) is 1.87. The second-order valence-electron chi connectivity index (χ2n) is 4.51. The van der Waals surface area contributed by atoms with Gasteiger partial charge >= 0.3 is 5.97 Å². The topological polar surface area (TPSA) is 116 Å². The Balaban J connectivity index is 1.95. The number of aliphatic hydroxyl groups is 4. The number of ether oxygens (including phenoxy) is 2. The summed E-state index contributed by atoms with van der Waals surface area (Å²) >= 11 is 0. The molecule has 2 rings (SSSR count). The van der Waals surface area contributed by atoms with Crippen LogP contribution in [0.5, 0.6) is 0 Å². The van der Waals surface area contributed by atoms with Gasteiger partial charge in [0, 0.05) is 0 Å². The Morgan fingerprint density at radius 2 is 1.70 bits per heavy atom. The van der Waals surface area contributed by atoms with Gasteiger partial charge in [0.15, 0.2) is 12.4 Å². The van der Waals surface area contributed by atoms with Crippen molar-refractivity contribution >= 4 is 5.97 Å². The van der Waals surface area contributed by atoms with E-state index in [2.05, 4.69) is 0 Å². The third-order valence-corrected chi connectivity index (χ3v) is 3.04. The van der Waals surface area contributed by atoms with Gasteiger partial charge in [0.05, 0.1) is 0 Å². The molecule has 110 valence electrons. The third-order valence-electron chi connectivity index (χ3n) is 3.04. The van der Waals surface area contributed by atoms with E-state index in [-0.39, 0.29) is 6.61 Å². The first-order valence-corrected chi connectivity index (χ1v) is 6.09. The molecule has 0 saturated carbocycles. The second kappa shape index (κ2) is 6.29. The maximum Gasteiger partial charge on any atom is 0.338 e. The summed E-state index contributed by atoms with van der Waals surface area (Å²) in [6.45, 7) is -0.0268. The molecule has 0 radical (unpaired) electrons. The van der Waals surface area contributed by atoms with Crippen LogP contribution in [0.3, 0.4) is 0 Å². The first-order valence-electron chi connectivity index (χ1n) is 6.09. The van der Waals surface area contributed by atoms with Crippen LogP contribution >= 0.6 is 0 Å². The molecule has 0 unspecified atom stereocenters. The van der Waals surface area contributed by atoms with E-state index in [0.29, 0.717) is 0 Å². The van der Waals surface area contributed by atoms with Crippen LogP contribution in [-0.2, 0) is 20.9 Å². The lowest BCUT2D eigenvalue weighted by atomic mass is 9.99. The Kier molecular flexibility index (Phi) is 4.69. The highest BCUT2D eigenvalue weighted by Crippen LogP contribution is 2.21. The molecule has 1 fully saturated rings. The van der Waals surface area contributed by atoms with Gasteiger partial charge in [-0.3, -0.25) is 0 Å². The van der Waals surface area contributed by atoms with Crippen LogP contribution in [0.15, 0.2) is 30.3 Å². The second-order valence-corrected chi connectivity index (χ2v) is 4.51. The Hall–Kier alpha value is -1.51. The van der Waals surface area contributed by atoms with E-state index in [4.69, 9.17) is 9.47 Å². The average molecular weight is 284 g/mol. The van der Waals surface area contributed by atoms with Crippen molar-refractivity contribution in [3.05, 3.63) is 35.9 Å². The largest absolute Gasteiger partial charge is 0.459 e. The molecule has 1 aliphatic rings. The van der Waals surface area contributed by atoms with E-state index in [9.17, 15) is 25.2 Å². The highest BCUT2D eigenvalue weighted by molar-refractivity contribution is 5.75. The molecule has 0 amide bonds. The standard InChI is InChI=1S/C13H16O7/c14-8-9(15)11(20-12(17)10(8)16)13(18)19-6-7-4-2-1-3-5-7/h1-5,8-12,14-17H,6H2/t8-,9-,10+,11-,12-/m0/s1. The van der Waals surface area contributed by atoms with Crippen molar-refractivity contribution in [3.8, 4) is 0 Å². The minimum Gasteiger partial charge on any atom is -0.459 e. The molecule has 7 nitrogen and oxygen atoms in total. The maximum absolute atomic E-state index is 11.8. The van der Waals surface area contributed by atoms with Crippen LogP contribution in [0, 0.1) is 0 Å². The van der Waals surface area contributed by atoms with Crippen LogP contribution in [0.2, 0.25) is 0 Å². The van der Waals surface area contributed by atoms with Crippen LogP contribution in [0.4, 0.5) is 0 Å². The highest BCUT2D eigenvalue weighted by Gasteiger charge is 2.46. The van der Waals surface area contributed by atoms with Gasteiger partial charge < -0.3 is 29.9 Å². The first kappa shape index (κ1) is 14.9. The van der Waals surface area contributed by atoms with Crippen molar-refractivity contribution in [2.24, 2.45) is 0 Å². The van der Waals surface area contributed by atoms with Crippen molar-refractivity contribution in [3.63, 3.8) is 0 Å². The van der Waals surface area contributed by atoms with Crippen LogP contribution < -0.4 is 0 Å². The predicted octanol–water partition coefficient (Wildman–Crippen LogP) is -1.47. The van der Waals surface area contributed by atoms with E-state index < -0.39 is 36.7 Å². The summed E-state index contributed by atoms with van der Waals surface area (Å²) in [4.78, 5) is 11.8. The Morgan fingerprint density at radius 3 is 2.35 bits per heavy atom. The molecule has 0 bridgehead atoms. The number of rotatable bonds is 3. The Morgan fingerprint density at radius 1 is 1.05 bits per heavy atom. The van der Waals surface area contributed by atoms with Gasteiger partial charge in [0.2, 0.25) is 0 Å². The molecule has 0 aromatic heterocycles. The molecule has 4 N–H and O–H groups in total. The van der Waals surface area contributed by atoms with Crippen molar-refractivity contribution in [1.82, 2.24) is 0 Å². The van der Waals surface area contributed by atoms with E-state index >= 15 is 0 Å². The number of carbonyl (C=O) groups excluding carboxylic acids is 1. The lowest BCUT2D eigenvalue weighted by Gasteiger charge is -2.36. The van der Waals surface area contributed by atoms with Gasteiger partial charge in [-0.2, -0.15) is 0 Å². The van der Waals surface area contributed by atoms with Gasteiger partial charge in [0.1, 0.15) is 24.9 Å². The highest BCUT2D eigenvalue weighted by atomic mass is 16.7. The van der Waals surface area contributed by atoms with E-state index in [0.717, 1.165) is 5.56 Å². The van der Waals surface area contributed by atoms with Crippen molar-refractivity contribution in [2.75, 3.05) is 0 Å². The van der Waals surface area contributed by atoms with Crippen LogP contribution in [0.25, 0.3) is 0 Å². The number of carbonyl (C=O) groups is 1. The normalized spacial score (nSPS) is 33.7. The SMILES string of the molecule is O=C(OCc1ccccc1)[C@H]1O[C@H](O)[C@H](O)[C@@H](O)[C@@H]1O. The van der Waals surface area contributed by atoms with Gasteiger partial charge in [0.25, 0.3) is 0 Å².